The Bertz CT molecular complexity index is 510. The number of likely N-dealkylation sites (N-methyl/N-ethyl adjacent to an activating group) is 1. The number of anilines is 1. The van der Waals surface area contributed by atoms with Crippen molar-refractivity contribution in [1.82, 2.24) is 9.80 Å². The molecule has 0 atom stereocenters. The highest BCUT2D eigenvalue weighted by Gasteiger charge is 2.28. The highest BCUT2D eigenvalue weighted by molar-refractivity contribution is 5.99. The van der Waals surface area contributed by atoms with Crippen molar-refractivity contribution in [1.29, 1.82) is 0 Å². The Morgan fingerprint density at radius 2 is 1.84 bits per heavy atom. The van der Waals surface area contributed by atoms with Crippen LogP contribution in [0.25, 0.3) is 0 Å². The van der Waals surface area contributed by atoms with Gasteiger partial charge in [0.15, 0.2) is 11.5 Å². The van der Waals surface area contributed by atoms with Gasteiger partial charge in [0.1, 0.15) is 0 Å². The van der Waals surface area contributed by atoms with Crippen LogP contribution in [-0.4, -0.2) is 55.7 Å². The summed E-state index contributed by atoms with van der Waals surface area (Å²) in [6, 6.07) is 3.40. The molecule has 3 rings (SSSR count). The van der Waals surface area contributed by atoms with E-state index >= 15 is 0 Å². The van der Waals surface area contributed by atoms with E-state index in [1.807, 2.05) is 4.90 Å². The van der Waals surface area contributed by atoms with E-state index in [9.17, 15) is 4.79 Å². The van der Waals surface area contributed by atoms with Crippen molar-refractivity contribution in [3.63, 3.8) is 0 Å². The number of ether oxygens (including phenoxy) is 2. The molecule has 0 saturated carbocycles. The van der Waals surface area contributed by atoms with E-state index in [1.165, 1.54) is 0 Å². The van der Waals surface area contributed by atoms with Crippen molar-refractivity contribution in [3.05, 3.63) is 17.7 Å². The molecule has 2 heterocycles. The minimum atomic E-state index is -0.0187. The summed E-state index contributed by atoms with van der Waals surface area (Å²) in [6.07, 6.45) is 0. The second-order valence-electron chi connectivity index (χ2n) is 4.86. The Kier molecular flexibility index (Phi) is 2.94. The van der Waals surface area contributed by atoms with E-state index in [-0.39, 0.29) is 12.7 Å². The molecule has 0 spiro atoms. The predicted molar refractivity (Wildman–Crippen MR) is 70.4 cm³/mol. The number of benzene rings is 1. The molecule has 1 amide bonds. The normalized spacial score (nSPS) is 18.7. The van der Waals surface area contributed by atoms with Gasteiger partial charge in [0, 0.05) is 26.2 Å². The Hall–Kier alpha value is -1.95. The van der Waals surface area contributed by atoms with Crippen molar-refractivity contribution < 1.29 is 14.3 Å². The number of rotatable bonds is 1. The van der Waals surface area contributed by atoms with Crippen LogP contribution in [0.2, 0.25) is 0 Å². The van der Waals surface area contributed by atoms with Gasteiger partial charge >= 0.3 is 0 Å². The molecule has 19 heavy (non-hydrogen) atoms. The standard InChI is InChI=1S/C13H17N3O3/c1-15-4-6-16(7-5-15)13(17)9-2-3-10(14)12-11(9)18-8-19-12/h2-3H,4-8,14H2,1H3. The first-order chi connectivity index (χ1) is 9.16. The maximum Gasteiger partial charge on any atom is 0.257 e. The number of piperazine rings is 1. The second kappa shape index (κ2) is 4.62. The zero-order chi connectivity index (χ0) is 13.4. The molecule has 6 nitrogen and oxygen atoms in total. The van der Waals surface area contributed by atoms with Gasteiger partial charge in [-0.15, -0.1) is 0 Å². The first kappa shape index (κ1) is 12.1. The summed E-state index contributed by atoms with van der Waals surface area (Å²) in [5.41, 5.74) is 6.84. The highest BCUT2D eigenvalue weighted by Crippen LogP contribution is 2.40. The summed E-state index contributed by atoms with van der Waals surface area (Å²) in [5, 5.41) is 0. The summed E-state index contributed by atoms with van der Waals surface area (Å²) < 4.78 is 10.7. The molecule has 6 heteroatoms. The largest absolute Gasteiger partial charge is 0.453 e. The van der Waals surface area contributed by atoms with Gasteiger partial charge in [-0.2, -0.15) is 0 Å². The molecule has 1 saturated heterocycles. The maximum absolute atomic E-state index is 12.5. The fraction of sp³-hybridized carbons (Fsp3) is 0.462. The van der Waals surface area contributed by atoms with Crippen LogP contribution in [0, 0.1) is 0 Å². The van der Waals surface area contributed by atoms with Gasteiger partial charge in [0.2, 0.25) is 6.79 Å². The quantitative estimate of drug-likeness (QED) is 0.742. The van der Waals surface area contributed by atoms with E-state index in [1.54, 1.807) is 12.1 Å². The average Bonchev–Trinajstić information content (AvgIpc) is 2.89. The van der Waals surface area contributed by atoms with Gasteiger partial charge in [-0.05, 0) is 19.2 Å². The number of nitrogens with two attached hydrogens (primary N) is 1. The molecule has 1 aromatic rings. The molecule has 0 aromatic heterocycles. The summed E-state index contributed by atoms with van der Waals surface area (Å²) >= 11 is 0. The fourth-order valence-electron chi connectivity index (χ4n) is 2.37. The zero-order valence-electron chi connectivity index (χ0n) is 10.9. The van der Waals surface area contributed by atoms with Gasteiger partial charge in [0.25, 0.3) is 5.91 Å². The lowest BCUT2D eigenvalue weighted by molar-refractivity contribution is 0.0659. The number of fused-ring (bicyclic) bond motifs is 1. The molecule has 1 aromatic carbocycles. The van der Waals surface area contributed by atoms with Crippen LogP contribution in [0.3, 0.4) is 0 Å². The lowest BCUT2D eigenvalue weighted by atomic mass is 10.1. The second-order valence-corrected chi connectivity index (χ2v) is 4.86. The predicted octanol–water partition coefficient (Wildman–Crippen LogP) is 0.385. The van der Waals surface area contributed by atoms with E-state index < -0.39 is 0 Å². The topological polar surface area (TPSA) is 68.0 Å². The smallest absolute Gasteiger partial charge is 0.257 e. The number of amides is 1. The molecule has 0 unspecified atom stereocenters. The summed E-state index contributed by atoms with van der Waals surface area (Å²) in [7, 11) is 2.06. The minimum absolute atomic E-state index is 0.0187. The summed E-state index contributed by atoms with van der Waals surface area (Å²) in [4.78, 5) is 16.6. The Morgan fingerprint density at radius 1 is 1.16 bits per heavy atom. The third kappa shape index (κ3) is 2.08. The van der Waals surface area contributed by atoms with Crippen molar-refractivity contribution >= 4 is 11.6 Å². The van der Waals surface area contributed by atoms with Gasteiger partial charge in [-0.1, -0.05) is 0 Å². The number of hydrogen-bond acceptors (Lipinski definition) is 5. The fourth-order valence-corrected chi connectivity index (χ4v) is 2.37. The molecule has 0 bridgehead atoms. The van der Waals surface area contributed by atoms with Crippen LogP contribution in [0.1, 0.15) is 10.4 Å². The molecule has 2 aliphatic rings. The number of carbonyl (C=O) groups is 1. The van der Waals surface area contributed by atoms with Gasteiger partial charge < -0.3 is 25.0 Å². The molecule has 0 aliphatic carbocycles. The molecule has 2 aliphatic heterocycles. The lowest BCUT2D eigenvalue weighted by Gasteiger charge is -2.32. The molecule has 102 valence electrons. The van der Waals surface area contributed by atoms with Gasteiger partial charge in [-0.25, -0.2) is 0 Å². The first-order valence-corrected chi connectivity index (χ1v) is 6.32. The average molecular weight is 263 g/mol. The van der Waals surface area contributed by atoms with Crippen LogP contribution in [0.15, 0.2) is 12.1 Å². The van der Waals surface area contributed by atoms with E-state index in [2.05, 4.69) is 11.9 Å². The molecule has 1 fully saturated rings. The maximum atomic E-state index is 12.5. The Balaban J connectivity index is 1.87. The Labute approximate surface area is 111 Å². The highest BCUT2D eigenvalue weighted by atomic mass is 16.7. The monoisotopic (exact) mass is 263 g/mol. The molecular formula is C13H17N3O3. The summed E-state index contributed by atoms with van der Waals surface area (Å²) in [5.74, 6) is 0.943. The van der Waals surface area contributed by atoms with Crippen LogP contribution in [-0.2, 0) is 0 Å². The van der Waals surface area contributed by atoms with E-state index in [0.717, 1.165) is 26.2 Å². The first-order valence-electron chi connectivity index (χ1n) is 6.32. The summed E-state index contributed by atoms with van der Waals surface area (Å²) in [6.45, 7) is 3.36. The van der Waals surface area contributed by atoms with Crippen LogP contribution in [0.5, 0.6) is 11.5 Å². The van der Waals surface area contributed by atoms with E-state index in [0.29, 0.717) is 22.7 Å². The number of nitrogen functional groups attached to an aromatic ring is 1. The Morgan fingerprint density at radius 3 is 2.58 bits per heavy atom. The number of hydrogen-bond donors (Lipinski definition) is 1. The SMILES string of the molecule is CN1CCN(C(=O)c2ccc(N)c3c2OCO3)CC1. The van der Waals surface area contributed by atoms with Crippen molar-refractivity contribution in [3.8, 4) is 11.5 Å². The van der Waals surface area contributed by atoms with Crippen LogP contribution in [0.4, 0.5) is 5.69 Å². The van der Waals surface area contributed by atoms with Crippen molar-refractivity contribution in [2.24, 2.45) is 0 Å². The third-order valence-corrected chi connectivity index (χ3v) is 3.57. The van der Waals surface area contributed by atoms with Gasteiger partial charge in [0.05, 0.1) is 11.3 Å². The molecular weight excluding hydrogens is 246 g/mol. The van der Waals surface area contributed by atoms with E-state index in [4.69, 9.17) is 15.2 Å². The van der Waals surface area contributed by atoms with Crippen LogP contribution >= 0.6 is 0 Å². The van der Waals surface area contributed by atoms with Crippen molar-refractivity contribution in [2.75, 3.05) is 45.8 Å². The lowest BCUT2D eigenvalue weighted by Crippen LogP contribution is -2.47. The van der Waals surface area contributed by atoms with Crippen LogP contribution < -0.4 is 15.2 Å². The minimum Gasteiger partial charge on any atom is -0.453 e. The number of nitrogens with zero attached hydrogens (tertiary/aromatic N) is 2. The molecule has 0 radical (unpaired) electrons. The van der Waals surface area contributed by atoms with Gasteiger partial charge in [-0.3, -0.25) is 4.79 Å². The third-order valence-electron chi connectivity index (χ3n) is 3.57. The van der Waals surface area contributed by atoms with Crippen molar-refractivity contribution in [2.45, 2.75) is 0 Å². The zero-order valence-corrected chi connectivity index (χ0v) is 10.9. The number of carbonyl (C=O) groups excluding carboxylic acids is 1. The molecule has 2 N–H and O–H groups in total.